The van der Waals surface area contributed by atoms with Crippen molar-refractivity contribution >= 4 is 23.6 Å². The van der Waals surface area contributed by atoms with Crippen molar-refractivity contribution in [3.63, 3.8) is 0 Å². The highest BCUT2D eigenvalue weighted by Crippen LogP contribution is 2.62. The highest BCUT2D eigenvalue weighted by atomic mass is 32.2. The summed E-state index contributed by atoms with van der Waals surface area (Å²) in [5.74, 6) is 0.450. The molecule has 0 aromatic heterocycles. The lowest BCUT2D eigenvalue weighted by Gasteiger charge is -2.60. The van der Waals surface area contributed by atoms with Gasteiger partial charge in [0, 0.05) is 42.6 Å². The first kappa shape index (κ1) is 42.6. The molecule has 1 heterocycles. The van der Waals surface area contributed by atoms with E-state index in [1.807, 2.05) is 71.0 Å². The van der Waals surface area contributed by atoms with Gasteiger partial charge in [-0.1, -0.05) is 37.1 Å². The molecular weight excluding hydrogens is 717 g/mol. The van der Waals surface area contributed by atoms with Crippen molar-refractivity contribution in [2.24, 2.45) is 22.9 Å². The molecule has 2 aliphatic carbocycles. The molecule has 3 aliphatic rings. The maximum Gasteiger partial charge on any atom is 0.410 e. The molecule has 1 amide bonds. The summed E-state index contributed by atoms with van der Waals surface area (Å²) in [4.78, 5) is 23.1. The summed E-state index contributed by atoms with van der Waals surface area (Å²) in [5.41, 5.74) is 2.19. The Kier molecular flexibility index (Phi) is 15.2. The SMILES string of the molecule is C=CCO[C@@]12Oc3ccc(Oc4ccc(SC)cc4)cc3[C@H]3[C@H](CCCCO)[C@@H](CCCCO)C=C(C(=NOC(C)(C)C)C[C@@H]1N(CCC)C(=O)OCC)[C@H]32. The molecule has 2 aromatic carbocycles. The topological polar surface area (TPSA) is 119 Å². The van der Waals surface area contributed by atoms with Gasteiger partial charge in [-0.25, -0.2) is 4.79 Å². The van der Waals surface area contributed by atoms with Crippen LogP contribution < -0.4 is 9.47 Å². The van der Waals surface area contributed by atoms with Crippen LogP contribution in [0.1, 0.15) is 97.5 Å². The Morgan fingerprint density at radius 2 is 1.76 bits per heavy atom. The van der Waals surface area contributed by atoms with E-state index >= 15 is 0 Å². The van der Waals surface area contributed by atoms with Crippen LogP contribution in [0, 0.1) is 17.8 Å². The number of allylic oxidation sites excluding steroid dienone is 1. The number of hydrogen-bond acceptors (Lipinski definition) is 10. The fraction of sp³-hybridized carbons (Fsp3) is 0.591. The second kappa shape index (κ2) is 19.6. The molecule has 11 heteroatoms. The molecule has 1 saturated carbocycles. The summed E-state index contributed by atoms with van der Waals surface area (Å²) in [7, 11) is 0. The summed E-state index contributed by atoms with van der Waals surface area (Å²) >= 11 is 1.68. The van der Waals surface area contributed by atoms with Crippen LogP contribution in [0.25, 0.3) is 0 Å². The number of fused-ring (bicyclic) bond motifs is 2. The Morgan fingerprint density at radius 3 is 2.40 bits per heavy atom. The third kappa shape index (κ3) is 9.90. The zero-order valence-electron chi connectivity index (χ0n) is 33.6. The van der Waals surface area contributed by atoms with E-state index < -0.39 is 29.4 Å². The van der Waals surface area contributed by atoms with Gasteiger partial charge >= 0.3 is 6.09 Å². The smallest absolute Gasteiger partial charge is 0.410 e. The van der Waals surface area contributed by atoms with Crippen molar-refractivity contribution in [1.82, 2.24) is 4.90 Å². The molecule has 0 saturated heterocycles. The molecule has 0 radical (unpaired) electrons. The number of aliphatic hydroxyl groups is 2. The predicted molar refractivity (Wildman–Crippen MR) is 218 cm³/mol. The Labute approximate surface area is 332 Å². The number of nitrogens with zero attached hydrogens (tertiary/aromatic N) is 2. The minimum absolute atomic E-state index is 0.107. The Hall–Kier alpha value is -3.51. The van der Waals surface area contributed by atoms with Gasteiger partial charge in [-0.05, 0) is 126 Å². The third-order valence-corrected chi connectivity index (χ3v) is 11.5. The van der Waals surface area contributed by atoms with Crippen LogP contribution in [-0.4, -0.2) is 83.6 Å². The summed E-state index contributed by atoms with van der Waals surface area (Å²) in [6.07, 6.45) is 11.5. The first-order chi connectivity index (χ1) is 26.5. The fourth-order valence-corrected chi connectivity index (χ4v) is 8.91. The molecule has 10 nitrogen and oxygen atoms in total. The van der Waals surface area contributed by atoms with Crippen LogP contribution in [-0.2, 0) is 14.3 Å². The number of carbonyl (C=O) groups is 1. The second-order valence-corrected chi connectivity index (χ2v) is 16.5. The molecule has 5 rings (SSSR count). The van der Waals surface area contributed by atoms with Crippen LogP contribution in [0.4, 0.5) is 4.79 Å². The van der Waals surface area contributed by atoms with Gasteiger partial charge < -0.3 is 34.0 Å². The molecule has 1 fully saturated rings. The number of oxime groups is 1. The lowest BCUT2D eigenvalue weighted by molar-refractivity contribution is -0.255. The number of aliphatic hydroxyl groups excluding tert-OH is 2. The van der Waals surface area contributed by atoms with Crippen LogP contribution in [0.15, 0.2) is 76.8 Å². The highest BCUT2D eigenvalue weighted by molar-refractivity contribution is 7.98. The Morgan fingerprint density at radius 1 is 1.05 bits per heavy atom. The normalized spacial score (nSPS) is 24.9. The average Bonchev–Trinajstić information content (AvgIpc) is 3.17. The van der Waals surface area contributed by atoms with Gasteiger partial charge in [0.15, 0.2) is 0 Å². The summed E-state index contributed by atoms with van der Waals surface area (Å²) in [6.45, 7) is 14.9. The van der Waals surface area contributed by atoms with Crippen molar-refractivity contribution in [3.8, 4) is 17.2 Å². The van der Waals surface area contributed by atoms with Crippen LogP contribution in [0.5, 0.6) is 17.2 Å². The zero-order chi connectivity index (χ0) is 39.6. The zero-order valence-corrected chi connectivity index (χ0v) is 34.4. The molecule has 55 heavy (non-hydrogen) atoms. The van der Waals surface area contributed by atoms with Gasteiger partial charge in [0.2, 0.25) is 5.79 Å². The van der Waals surface area contributed by atoms with Gasteiger partial charge in [-0.2, -0.15) is 0 Å². The lowest BCUT2D eigenvalue weighted by atomic mass is 9.55. The van der Waals surface area contributed by atoms with E-state index in [1.165, 1.54) is 0 Å². The second-order valence-electron chi connectivity index (χ2n) is 15.6. The number of hydrogen-bond donors (Lipinski definition) is 2. The largest absolute Gasteiger partial charge is 0.459 e. The van der Waals surface area contributed by atoms with Gasteiger partial charge in [-0.3, -0.25) is 4.90 Å². The first-order valence-corrected chi connectivity index (χ1v) is 21.3. The lowest BCUT2D eigenvalue weighted by Crippen LogP contribution is -2.70. The van der Waals surface area contributed by atoms with E-state index in [1.54, 1.807) is 22.7 Å². The number of thioether (sulfide) groups is 1. The monoisotopic (exact) mass is 778 g/mol. The third-order valence-electron chi connectivity index (χ3n) is 10.7. The summed E-state index contributed by atoms with van der Waals surface area (Å²) in [6, 6.07) is 13.4. The number of rotatable bonds is 19. The predicted octanol–water partition coefficient (Wildman–Crippen LogP) is 9.50. The van der Waals surface area contributed by atoms with E-state index in [2.05, 4.69) is 25.0 Å². The highest BCUT2D eigenvalue weighted by Gasteiger charge is 2.65. The summed E-state index contributed by atoms with van der Waals surface area (Å²) in [5, 5.41) is 24.6. The molecule has 6 atom stereocenters. The van der Waals surface area contributed by atoms with Gasteiger partial charge in [0.05, 0.1) is 24.8 Å². The van der Waals surface area contributed by atoms with Gasteiger partial charge in [0.25, 0.3) is 0 Å². The van der Waals surface area contributed by atoms with E-state index in [0.29, 0.717) is 43.7 Å². The maximum absolute atomic E-state index is 14.0. The van der Waals surface area contributed by atoms with Crippen LogP contribution in [0.3, 0.4) is 0 Å². The van der Waals surface area contributed by atoms with Crippen molar-refractivity contribution in [3.05, 3.63) is 72.3 Å². The molecule has 0 unspecified atom stereocenters. The van der Waals surface area contributed by atoms with Crippen molar-refractivity contribution < 1.29 is 38.8 Å². The number of benzene rings is 2. The van der Waals surface area contributed by atoms with Crippen molar-refractivity contribution in [1.29, 1.82) is 0 Å². The van der Waals surface area contributed by atoms with E-state index in [4.69, 9.17) is 28.9 Å². The number of unbranched alkanes of at least 4 members (excludes halogenated alkanes) is 2. The first-order valence-electron chi connectivity index (χ1n) is 20.1. The molecular formula is C44H62N2O8S. The molecule has 0 spiro atoms. The molecule has 1 aliphatic heterocycles. The minimum atomic E-state index is -1.33. The van der Waals surface area contributed by atoms with Gasteiger partial charge in [0.1, 0.15) is 28.9 Å². The standard InChI is InChI=1S/C44H62N2O8S/c1-8-23-46(42(49)50-10-3)39-29-37(45-54-43(4,5)6)35-27-30(15-11-13-24-47)34(16-12-14-25-48)40-36-28-32(52-31-17-20-33(55-7)21-18-31)19-22-38(36)53-44(39,41(35)40)51-26-9-2/h9,17-22,27-28,30,34,39-41,47-48H,2,8,10-16,23-26,29H2,1,3-7H3/t30-,34+,39-,40+,41+,44+/m0/s1. The van der Waals surface area contributed by atoms with E-state index in [0.717, 1.165) is 53.2 Å². The number of amides is 1. The molecule has 2 aromatic rings. The van der Waals surface area contributed by atoms with E-state index in [-0.39, 0.29) is 44.2 Å². The molecule has 0 bridgehead atoms. The van der Waals surface area contributed by atoms with Gasteiger partial charge in [-0.15, -0.1) is 18.3 Å². The van der Waals surface area contributed by atoms with Crippen molar-refractivity contribution in [2.75, 3.05) is 39.2 Å². The quantitative estimate of drug-likeness (QED) is 0.0622. The van der Waals surface area contributed by atoms with E-state index in [9.17, 15) is 15.0 Å². The maximum atomic E-state index is 14.0. The summed E-state index contributed by atoms with van der Waals surface area (Å²) < 4.78 is 26.5. The molecule has 2 N–H and O–H groups in total. The average molecular weight is 779 g/mol. The molecule has 302 valence electrons. The fourth-order valence-electron chi connectivity index (χ4n) is 8.51. The van der Waals surface area contributed by atoms with Crippen LogP contribution in [0.2, 0.25) is 0 Å². The van der Waals surface area contributed by atoms with Crippen molar-refractivity contribution in [2.45, 2.75) is 114 Å². The number of carbonyl (C=O) groups excluding carboxylic acids is 1. The van der Waals surface area contributed by atoms with Crippen LogP contribution >= 0.6 is 11.8 Å². The number of ether oxygens (including phenoxy) is 4. The minimum Gasteiger partial charge on any atom is -0.459 e. The Bertz CT molecular complexity index is 1640. The Balaban J connectivity index is 1.78.